The summed E-state index contributed by atoms with van der Waals surface area (Å²) in [6.07, 6.45) is 6.80. The molecular weight excluding hydrogens is 1000 g/mol. The van der Waals surface area contributed by atoms with Gasteiger partial charge in [-0.2, -0.15) is 46.7 Å². The number of ether oxygens (including phenoxy) is 1. The Hall–Kier alpha value is -4.71. The minimum absolute atomic E-state index is 0.00119. The number of rotatable bonds is 20. The quantitative estimate of drug-likeness (QED) is 0.0156. The van der Waals surface area contributed by atoms with Gasteiger partial charge in [-0.05, 0) is 112 Å². The number of nitrogens with two attached hydrogens (primary N) is 1. The normalized spacial score (nSPS) is 19.6. The van der Waals surface area contributed by atoms with Gasteiger partial charge in [0.1, 0.15) is 16.3 Å². The van der Waals surface area contributed by atoms with Crippen LogP contribution in [-0.4, -0.2) is 114 Å². The van der Waals surface area contributed by atoms with Crippen LogP contribution in [-0.2, 0) is 71.0 Å². The zero-order valence-electron chi connectivity index (χ0n) is 37.8. The molecule has 2 aliphatic heterocycles. The summed E-state index contributed by atoms with van der Waals surface area (Å²) in [5, 5.41) is -0.0717. The number of likely N-dealkylation sites (N-methyl/N-ethyl adjacent to an activating group) is 1. The number of carbonyl (C=O) groups excluding carboxylic acids is 1. The van der Waals surface area contributed by atoms with E-state index in [-0.39, 0.29) is 66.3 Å². The average molecular weight is 1060 g/mol. The molecule has 0 saturated carbocycles. The second-order valence-corrected chi connectivity index (χ2v) is 24.4. The van der Waals surface area contributed by atoms with Gasteiger partial charge in [0, 0.05) is 78.4 Å². The molecule has 0 saturated heterocycles. The fourth-order valence-corrected chi connectivity index (χ4v) is 12.9. The first-order valence-corrected chi connectivity index (χ1v) is 28.7. The zero-order valence-corrected chi connectivity index (χ0v) is 41.9. The van der Waals surface area contributed by atoms with E-state index in [4.69, 9.17) is 10.6 Å². The second-order valence-electron chi connectivity index (χ2n) is 17.2. The van der Waals surface area contributed by atoms with Gasteiger partial charge in [0.25, 0.3) is 50.6 Å². The SMILES string of the molecule is CCN1/C(=C/C=C/C2=[N+](CCCCCC(=O)NN)c3ccc4c(S(=O)(=O)O)cc(S(=O)(=O)O)cc4c3C2(C)CCOC)C(C)(CCCS(=O)(=O)O)c2c1ccc1c(S(=O)(=O)O)cc(S(=O)(=O)O)cc21. The van der Waals surface area contributed by atoms with Crippen molar-refractivity contribution in [3.63, 3.8) is 0 Å². The lowest BCUT2D eigenvalue weighted by atomic mass is 9.74. The van der Waals surface area contributed by atoms with Crippen LogP contribution in [0.25, 0.3) is 21.5 Å². The molecule has 1 amide bonds. The van der Waals surface area contributed by atoms with Crippen LogP contribution in [0.2, 0.25) is 0 Å². The van der Waals surface area contributed by atoms with Crippen molar-refractivity contribution in [1.82, 2.24) is 5.43 Å². The first-order chi connectivity index (χ1) is 31.9. The van der Waals surface area contributed by atoms with Gasteiger partial charge in [0.2, 0.25) is 11.6 Å². The molecular formula is C43H53N4O17S5+. The highest BCUT2D eigenvalue weighted by molar-refractivity contribution is 7.87. The van der Waals surface area contributed by atoms with E-state index in [1.54, 1.807) is 44.2 Å². The van der Waals surface area contributed by atoms with E-state index in [9.17, 15) is 69.6 Å². The molecule has 376 valence electrons. The molecule has 69 heavy (non-hydrogen) atoms. The molecule has 0 spiro atoms. The van der Waals surface area contributed by atoms with E-state index in [1.165, 1.54) is 19.2 Å². The molecule has 0 fully saturated rings. The standard InChI is InChI=1S/C43H52N4O17S5/c1-5-46-33-16-14-29-31(23-27(66(52,53)54)25-35(29)68(58,59)60)40(33)42(2,18-10-22-65(49,50)51)37(46)11-9-12-38-43(3,19-21-64-4)41-32-24-28(67(55,56)57)26-36(69(61,62)63)30(32)15-17-34(41)47(38)20-8-6-7-13-39(48)45-44/h9,11-12,14-17,23-26H,5-8,10,13,18-22,44H2,1-4H3,(H5-,45,48,49,50,51,52,53,54,55,56,57,58,59,60,61,62,63)/p+1. The van der Waals surface area contributed by atoms with E-state index in [0.717, 1.165) is 12.1 Å². The van der Waals surface area contributed by atoms with Crippen LogP contribution in [0.5, 0.6) is 0 Å². The molecule has 4 aromatic rings. The van der Waals surface area contributed by atoms with Gasteiger partial charge >= 0.3 is 0 Å². The highest BCUT2D eigenvalue weighted by Crippen LogP contribution is 2.54. The van der Waals surface area contributed by atoms with Crippen LogP contribution in [0.15, 0.2) is 92.0 Å². The Morgan fingerprint density at radius 1 is 0.725 bits per heavy atom. The first-order valence-electron chi connectivity index (χ1n) is 21.3. The number of nitrogens with zero attached hydrogens (tertiary/aromatic N) is 2. The summed E-state index contributed by atoms with van der Waals surface area (Å²) in [6.45, 7) is 5.99. The summed E-state index contributed by atoms with van der Waals surface area (Å²) in [5.41, 5.74) is 2.41. The van der Waals surface area contributed by atoms with Crippen molar-refractivity contribution < 1.29 is 79.0 Å². The minimum Gasteiger partial charge on any atom is -0.385 e. The highest BCUT2D eigenvalue weighted by atomic mass is 32.2. The van der Waals surface area contributed by atoms with Gasteiger partial charge in [-0.25, -0.2) is 5.84 Å². The number of hydrogen-bond donors (Lipinski definition) is 7. The van der Waals surface area contributed by atoms with Crippen LogP contribution in [0.1, 0.15) is 76.8 Å². The maximum Gasteiger partial charge on any atom is 0.295 e. The molecule has 0 bridgehead atoms. The van der Waals surface area contributed by atoms with Gasteiger partial charge in [0.05, 0.1) is 21.0 Å². The second kappa shape index (κ2) is 19.5. The smallest absolute Gasteiger partial charge is 0.295 e. The Balaban J connectivity index is 1.64. The molecule has 0 aromatic heterocycles. The molecule has 0 radical (unpaired) electrons. The number of amides is 1. The third-order valence-electron chi connectivity index (χ3n) is 12.8. The number of nitrogens with one attached hydrogen (secondary N) is 1. The summed E-state index contributed by atoms with van der Waals surface area (Å²) in [7, 11) is -23.3. The Labute approximate surface area is 400 Å². The molecule has 26 heteroatoms. The number of hydrazine groups is 1. The van der Waals surface area contributed by atoms with E-state index in [1.807, 2.05) is 16.4 Å². The van der Waals surface area contributed by atoms with Gasteiger partial charge in [-0.15, -0.1) is 0 Å². The van der Waals surface area contributed by atoms with E-state index >= 15 is 0 Å². The number of carbonyl (C=O) groups is 1. The Bertz CT molecular complexity index is 3450. The van der Waals surface area contributed by atoms with Crippen molar-refractivity contribution >= 4 is 95.1 Å². The summed E-state index contributed by atoms with van der Waals surface area (Å²) in [4.78, 5) is 10.5. The van der Waals surface area contributed by atoms with E-state index < -0.39 is 86.8 Å². The van der Waals surface area contributed by atoms with Crippen molar-refractivity contribution in [3.05, 3.63) is 83.6 Å². The van der Waals surface area contributed by atoms with Crippen molar-refractivity contribution in [2.75, 3.05) is 37.5 Å². The number of fused-ring (bicyclic) bond motifs is 6. The third kappa shape index (κ3) is 10.8. The lowest BCUT2D eigenvalue weighted by molar-refractivity contribution is -0.438. The highest BCUT2D eigenvalue weighted by Gasteiger charge is 2.50. The Morgan fingerprint density at radius 2 is 1.29 bits per heavy atom. The number of unbranched alkanes of at least 4 members (excludes halogenated alkanes) is 2. The van der Waals surface area contributed by atoms with Crippen LogP contribution >= 0.6 is 0 Å². The molecule has 6 rings (SSSR count). The largest absolute Gasteiger partial charge is 0.385 e. The number of anilines is 1. The summed E-state index contributed by atoms with van der Waals surface area (Å²) in [6, 6.07) is 9.43. The lowest BCUT2D eigenvalue weighted by Crippen LogP contribution is -2.33. The van der Waals surface area contributed by atoms with Crippen molar-refractivity contribution in [3.8, 4) is 0 Å². The van der Waals surface area contributed by atoms with E-state index in [0.29, 0.717) is 71.9 Å². The third-order valence-corrected chi connectivity index (χ3v) is 17.1. The van der Waals surface area contributed by atoms with Gasteiger partial charge in [-0.3, -0.25) is 33.0 Å². The van der Waals surface area contributed by atoms with E-state index in [2.05, 4.69) is 5.43 Å². The minimum atomic E-state index is -5.10. The van der Waals surface area contributed by atoms with Crippen LogP contribution in [0.4, 0.5) is 11.4 Å². The Kier molecular flexibility index (Phi) is 15.1. The summed E-state index contributed by atoms with van der Waals surface area (Å²) < 4.78 is 184. The lowest BCUT2D eigenvalue weighted by Gasteiger charge is -2.30. The molecule has 2 heterocycles. The summed E-state index contributed by atoms with van der Waals surface area (Å²) in [5.74, 6) is 4.22. The van der Waals surface area contributed by atoms with Crippen molar-refractivity contribution in [2.24, 2.45) is 5.84 Å². The van der Waals surface area contributed by atoms with Crippen LogP contribution < -0.4 is 16.2 Å². The average Bonchev–Trinajstić information content (AvgIpc) is 3.63. The van der Waals surface area contributed by atoms with Gasteiger partial charge < -0.3 is 9.64 Å². The molecule has 8 N–H and O–H groups in total. The fourth-order valence-electron chi connectivity index (χ4n) is 9.76. The van der Waals surface area contributed by atoms with Gasteiger partial charge in [-0.1, -0.05) is 12.1 Å². The van der Waals surface area contributed by atoms with Gasteiger partial charge in [0.15, 0.2) is 5.71 Å². The van der Waals surface area contributed by atoms with Crippen molar-refractivity contribution in [2.45, 2.75) is 96.1 Å². The zero-order chi connectivity index (χ0) is 51.3. The maximum absolute atomic E-state index is 12.8. The predicted octanol–water partition coefficient (Wildman–Crippen LogP) is 4.83. The molecule has 0 aliphatic carbocycles. The number of methoxy groups -OCH3 is 1. The molecule has 4 aromatic carbocycles. The van der Waals surface area contributed by atoms with Crippen LogP contribution in [0.3, 0.4) is 0 Å². The maximum atomic E-state index is 12.8. The number of allylic oxidation sites excluding steroid dienone is 4. The van der Waals surface area contributed by atoms with Crippen LogP contribution in [0, 0.1) is 0 Å². The monoisotopic (exact) mass is 1060 g/mol. The molecule has 2 unspecified atom stereocenters. The first kappa shape index (κ1) is 53.6. The predicted molar refractivity (Wildman–Crippen MR) is 255 cm³/mol. The number of benzene rings is 4. The Morgan fingerprint density at radius 3 is 1.80 bits per heavy atom. The topological polar surface area (TPSA) is 342 Å². The molecule has 2 atom stereocenters. The fraction of sp³-hybridized carbons (Fsp3) is 0.395. The molecule has 2 aliphatic rings. The number of hydrogen-bond acceptors (Lipinski definition) is 14. The van der Waals surface area contributed by atoms with Crippen molar-refractivity contribution in [1.29, 1.82) is 0 Å². The summed E-state index contributed by atoms with van der Waals surface area (Å²) >= 11 is 0. The molecule has 21 nitrogen and oxygen atoms in total.